The van der Waals surface area contributed by atoms with Crippen LogP contribution in [0.1, 0.15) is 0 Å². The molecule has 5 heteroatoms. The Morgan fingerprint density at radius 3 is 3.23 bits per heavy atom. The van der Waals surface area contributed by atoms with Gasteiger partial charge in [0.1, 0.15) is 0 Å². The number of nitrogens with zero attached hydrogens (tertiary/aromatic N) is 2. The topological polar surface area (TPSA) is 61.9 Å². The molecule has 0 bridgehead atoms. The zero-order valence-electron chi connectivity index (χ0n) is 7.31. The second-order valence-corrected chi connectivity index (χ2v) is 4.15. The van der Waals surface area contributed by atoms with Gasteiger partial charge in [-0.15, -0.1) is 0 Å². The van der Waals surface area contributed by atoms with Crippen LogP contribution in [0.25, 0.3) is 0 Å². The number of nitrogens with two attached hydrogens (primary N) is 1. The van der Waals surface area contributed by atoms with E-state index in [1.165, 1.54) is 0 Å². The van der Waals surface area contributed by atoms with Crippen LogP contribution in [-0.2, 0) is 0 Å². The number of fused-ring (bicyclic) bond motifs is 1. The molecule has 0 aromatic rings. The Morgan fingerprint density at radius 2 is 2.62 bits per heavy atom. The van der Waals surface area contributed by atoms with E-state index in [9.17, 15) is 0 Å². The first-order valence-corrected chi connectivity index (χ1v) is 5.18. The normalized spacial score (nSPS) is 22.8. The highest BCUT2D eigenvalue weighted by molar-refractivity contribution is 8.17. The van der Waals surface area contributed by atoms with Crippen molar-refractivity contribution in [2.75, 3.05) is 26.2 Å². The highest BCUT2D eigenvalue weighted by Gasteiger charge is 2.27. The van der Waals surface area contributed by atoms with Crippen LogP contribution in [0, 0.1) is 5.92 Å². The summed E-state index contributed by atoms with van der Waals surface area (Å²) in [4.78, 5) is 7.60. The third kappa shape index (κ3) is 1.59. The van der Waals surface area contributed by atoms with Gasteiger partial charge >= 0.3 is 0 Å². The van der Waals surface area contributed by atoms with E-state index in [4.69, 9.17) is 10.8 Å². The first kappa shape index (κ1) is 9.05. The van der Waals surface area contributed by atoms with E-state index in [-0.39, 0.29) is 12.5 Å². The fraction of sp³-hybridized carbons (Fsp3) is 0.625. The standard InChI is InChI=1S/C8H13N3OS/c9-3-6(5-12)7-4-11-2-1-10-8(11)13-7/h4,6,12H,1-3,5,9H2. The van der Waals surface area contributed by atoms with Crippen molar-refractivity contribution >= 4 is 16.9 Å². The molecule has 0 aliphatic carbocycles. The average Bonchev–Trinajstić information content (AvgIpc) is 2.65. The maximum atomic E-state index is 9.06. The van der Waals surface area contributed by atoms with Crippen LogP contribution in [0.4, 0.5) is 0 Å². The van der Waals surface area contributed by atoms with Crippen LogP contribution in [0.3, 0.4) is 0 Å². The van der Waals surface area contributed by atoms with Gasteiger partial charge in [0.2, 0.25) is 0 Å². The highest BCUT2D eigenvalue weighted by atomic mass is 32.2. The third-order valence-corrected chi connectivity index (χ3v) is 3.45. The van der Waals surface area contributed by atoms with Gasteiger partial charge in [-0.3, -0.25) is 4.99 Å². The van der Waals surface area contributed by atoms with E-state index < -0.39 is 0 Å². The van der Waals surface area contributed by atoms with E-state index in [0.717, 1.165) is 23.2 Å². The van der Waals surface area contributed by atoms with Crippen LogP contribution in [0.15, 0.2) is 16.1 Å². The molecule has 0 spiro atoms. The van der Waals surface area contributed by atoms with Gasteiger partial charge in [-0.25, -0.2) is 0 Å². The Kier molecular flexibility index (Phi) is 2.57. The minimum Gasteiger partial charge on any atom is -0.396 e. The van der Waals surface area contributed by atoms with E-state index in [2.05, 4.69) is 16.1 Å². The van der Waals surface area contributed by atoms with Crippen LogP contribution in [0.2, 0.25) is 0 Å². The number of aliphatic hydroxyl groups is 1. The van der Waals surface area contributed by atoms with E-state index in [1.54, 1.807) is 11.8 Å². The van der Waals surface area contributed by atoms with Gasteiger partial charge in [-0.2, -0.15) is 0 Å². The van der Waals surface area contributed by atoms with Crippen molar-refractivity contribution < 1.29 is 5.11 Å². The lowest BCUT2D eigenvalue weighted by Gasteiger charge is -2.10. The van der Waals surface area contributed by atoms with Gasteiger partial charge in [0.15, 0.2) is 5.17 Å². The summed E-state index contributed by atoms with van der Waals surface area (Å²) in [6.07, 6.45) is 2.06. The summed E-state index contributed by atoms with van der Waals surface area (Å²) < 4.78 is 0. The number of hydrogen-bond acceptors (Lipinski definition) is 5. The van der Waals surface area contributed by atoms with Gasteiger partial charge in [-0.05, 0) is 0 Å². The number of hydrogen-bond donors (Lipinski definition) is 2. The molecule has 2 aliphatic rings. The molecular formula is C8H13N3OS. The lowest BCUT2D eigenvalue weighted by Crippen LogP contribution is -2.18. The molecule has 0 fully saturated rings. The summed E-state index contributed by atoms with van der Waals surface area (Å²) in [5.41, 5.74) is 5.54. The van der Waals surface area contributed by atoms with Crippen molar-refractivity contribution in [1.29, 1.82) is 0 Å². The second-order valence-electron chi connectivity index (χ2n) is 3.11. The van der Waals surface area contributed by atoms with E-state index in [0.29, 0.717) is 6.54 Å². The molecule has 1 unspecified atom stereocenters. The first-order chi connectivity index (χ1) is 6.35. The molecule has 0 aromatic heterocycles. The van der Waals surface area contributed by atoms with Gasteiger partial charge in [-0.1, -0.05) is 11.8 Å². The molecule has 0 radical (unpaired) electrons. The summed E-state index contributed by atoms with van der Waals surface area (Å²) >= 11 is 1.64. The van der Waals surface area contributed by atoms with Gasteiger partial charge in [0.05, 0.1) is 13.2 Å². The van der Waals surface area contributed by atoms with Crippen LogP contribution < -0.4 is 5.73 Å². The molecular weight excluding hydrogens is 186 g/mol. The summed E-state index contributed by atoms with van der Waals surface area (Å²) in [7, 11) is 0. The molecule has 0 aromatic carbocycles. The molecule has 2 heterocycles. The highest BCUT2D eigenvalue weighted by Crippen LogP contribution is 2.34. The Hall–Kier alpha value is -0.520. The van der Waals surface area contributed by atoms with Crippen molar-refractivity contribution in [3.63, 3.8) is 0 Å². The van der Waals surface area contributed by atoms with Crippen molar-refractivity contribution in [1.82, 2.24) is 4.90 Å². The molecule has 72 valence electrons. The molecule has 3 N–H and O–H groups in total. The second kappa shape index (κ2) is 3.69. The Bertz CT molecular complexity index is 260. The number of rotatable bonds is 3. The summed E-state index contributed by atoms with van der Waals surface area (Å²) in [5, 5.41) is 10.1. The van der Waals surface area contributed by atoms with Crippen LogP contribution in [-0.4, -0.2) is 41.4 Å². The summed E-state index contributed by atoms with van der Waals surface area (Å²) in [5.74, 6) is 0.0818. The van der Waals surface area contributed by atoms with Crippen molar-refractivity contribution in [3.8, 4) is 0 Å². The Morgan fingerprint density at radius 1 is 1.77 bits per heavy atom. The lowest BCUT2D eigenvalue weighted by molar-refractivity contribution is 0.253. The van der Waals surface area contributed by atoms with Crippen LogP contribution in [0.5, 0.6) is 0 Å². The molecule has 1 atom stereocenters. The zero-order valence-corrected chi connectivity index (χ0v) is 8.13. The summed E-state index contributed by atoms with van der Waals surface area (Å²) in [6, 6.07) is 0. The first-order valence-electron chi connectivity index (χ1n) is 4.36. The molecule has 2 aliphatic heterocycles. The third-order valence-electron chi connectivity index (χ3n) is 2.23. The average molecular weight is 199 g/mol. The van der Waals surface area contributed by atoms with Crippen molar-refractivity contribution in [2.24, 2.45) is 16.6 Å². The fourth-order valence-electron chi connectivity index (χ4n) is 1.41. The smallest absolute Gasteiger partial charge is 0.168 e. The Labute approximate surface area is 81.5 Å². The van der Waals surface area contributed by atoms with E-state index in [1.807, 2.05) is 0 Å². The van der Waals surface area contributed by atoms with Crippen molar-refractivity contribution in [3.05, 3.63) is 11.1 Å². The number of amidine groups is 1. The lowest BCUT2D eigenvalue weighted by atomic mass is 10.1. The molecule has 0 saturated carbocycles. The minimum absolute atomic E-state index is 0.0818. The zero-order chi connectivity index (χ0) is 9.26. The quantitative estimate of drug-likeness (QED) is 0.661. The predicted molar refractivity (Wildman–Crippen MR) is 54.3 cm³/mol. The predicted octanol–water partition coefficient (Wildman–Crippen LogP) is -0.187. The molecule has 13 heavy (non-hydrogen) atoms. The van der Waals surface area contributed by atoms with Gasteiger partial charge in [0.25, 0.3) is 0 Å². The SMILES string of the molecule is NCC(CO)C1=CN2CCN=C2S1. The number of aliphatic imine (C=N–C) groups is 1. The maximum absolute atomic E-state index is 9.06. The Balaban J connectivity index is 2.07. The fourth-order valence-corrected chi connectivity index (χ4v) is 2.55. The molecule has 4 nitrogen and oxygen atoms in total. The molecule has 0 amide bonds. The van der Waals surface area contributed by atoms with Gasteiger partial charge < -0.3 is 15.7 Å². The van der Waals surface area contributed by atoms with Crippen molar-refractivity contribution in [2.45, 2.75) is 0 Å². The van der Waals surface area contributed by atoms with Crippen LogP contribution >= 0.6 is 11.8 Å². The number of thioether (sulfide) groups is 1. The molecule has 2 rings (SSSR count). The maximum Gasteiger partial charge on any atom is 0.168 e. The molecule has 0 saturated heterocycles. The minimum atomic E-state index is 0.0818. The monoisotopic (exact) mass is 199 g/mol. The number of aliphatic hydroxyl groups excluding tert-OH is 1. The van der Waals surface area contributed by atoms with Gasteiger partial charge in [0, 0.05) is 30.1 Å². The largest absolute Gasteiger partial charge is 0.396 e. The van der Waals surface area contributed by atoms with E-state index >= 15 is 0 Å². The summed E-state index contributed by atoms with van der Waals surface area (Å²) in [6.45, 7) is 2.47.